The molecule has 0 aliphatic heterocycles. The molecule has 0 unspecified atom stereocenters. The second kappa shape index (κ2) is 5.25. The standard InChI is InChI=1S/C14H11BrFN5/c1-8-2-4-10(7-12(8)15)21-14(18-19-20-21)11-6-9(16)3-5-13(11)17/h2-7H,17H2,1H3. The van der Waals surface area contributed by atoms with Crippen LogP contribution in [0.15, 0.2) is 40.9 Å². The van der Waals surface area contributed by atoms with E-state index in [-0.39, 0.29) is 5.82 Å². The van der Waals surface area contributed by atoms with E-state index < -0.39 is 0 Å². The maximum atomic E-state index is 13.4. The van der Waals surface area contributed by atoms with E-state index in [0.717, 1.165) is 15.7 Å². The molecule has 0 bridgehead atoms. The molecule has 5 nitrogen and oxygen atoms in total. The smallest absolute Gasteiger partial charge is 0.189 e. The summed E-state index contributed by atoms with van der Waals surface area (Å²) in [6.07, 6.45) is 0. The molecule has 0 radical (unpaired) electrons. The number of tetrazole rings is 1. The van der Waals surface area contributed by atoms with Gasteiger partial charge in [0.2, 0.25) is 0 Å². The average molecular weight is 348 g/mol. The summed E-state index contributed by atoms with van der Waals surface area (Å²) in [5.41, 5.74) is 8.62. The topological polar surface area (TPSA) is 69.6 Å². The highest BCUT2D eigenvalue weighted by Crippen LogP contribution is 2.27. The number of nitrogen functional groups attached to an aromatic ring is 1. The number of benzene rings is 2. The Morgan fingerprint density at radius 2 is 2.00 bits per heavy atom. The summed E-state index contributed by atoms with van der Waals surface area (Å²) in [7, 11) is 0. The van der Waals surface area contributed by atoms with Gasteiger partial charge in [0, 0.05) is 15.7 Å². The summed E-state index contributed by atoms with van der Waals surface area (Å²) in [5.74, 6) is 0.00147. The molecule has 21 heavy (non-hydrogen) atoms. The van der Waals surface area contributed by atoms with E-state index in [1.54, 1.807) is 0 Å². The van der Waals surface area contributed by atoms with Crippen molar-refractivity contribution in [2.24, 2.45) is 0 Å². The Kier molecular flexibility index (Phi) is 3.42. The summed E-state index contributed by atoms with van der Waals surface area (Å²) in [6, 6.07) is 9.84. The van der Waals surface area contributed by atoms with Crippen LogP contribution in [0.3, 0.4) is 0 Å². The van der Waals surface area contributed by atoms with E-state index in [0.29, 0.717) is 17.1 Å². The Hall–Kier alpha value is -2.28. The number of hydrogen-bond donors (Lipinski definition) is 1. The van der Waals surface area contributed by atoms with Crippen LogP contribution in [0.1, 0.15) is 5.56 Å². The zero-order valence-electron chi connectivity index (χ0n) is 11.1. The van der Waals surface area contributed by atoms with Crippen LogP contribution in [0.4, 0.5) is 10.1 Å². The fourth-order valence-corrected chi connectivity index (χ4v) is 2.33. The summed E-state index contributed by atoms with van der Waals surface area (Å²) in [5, 5.41) is 11.6. The Labute approximate surface area is 128 Å². The van der Waals surface area contributed by atoms with Gasteiger partial charge in [-0.2, -0.15) is 4.68 Å². The van der Waals surface area contributed by atoms with E-state index in [2.05, 4.69) is 31.5 Å². The first-order valence-corrected chi connectivity index (χ1v) is 6.96. The highest BCUT2D eigenvalue weighted by molar-refractivity contribution is 9.10. The van der Waals surface area contributed by atoms with E-state index in [1.165, 1.54) is 22.9 Å². The number of nitrogens with two attached hydrogens (primary N) is 1. The second-order valence-electron chi connectivity index (χ2n) is 4.58. The summed E-state index contributed by atoms with van der Waals surface area (Å²) >= 11 is 3.47. The molecule has 0 amide bonds. The van der Waals surface area contributed by atoms with Gasteiger partial charge in [0.05, 0.1) is 5.69 Å². The predicted octanol–water partition coefficient (Wildman–Crippen LogP) is 3.12. The number of anilines is 1. The SMILES string of the molecule is Cc1ccc(-n2nnnc2-c2cc(F)ccc2N)cc1Br. The molecule has 3 rings (SSSR count). The Morgan fingerprint density at radius 1 is 1.19 bits per heavy atom. The van der Waals surface area contributed by atoms with E-state index in [4.69, 9.17) is 5.73 Å². The molecular formula is C14H11BrFN5. The molecule has 3 aromatic rings. The van der Waals surface area contributed by atoms with Gasteiger partial charge in [-0.1, -0.05) is 22.0 Å². The van der Waals surface area contributed by atoms with Crippen molar-refractivity contribution in [1.29, 1.82) is 0 Å². The third-order valence-corrected chi connectivity index (χ3v) is 3.98. The number of aromatic nitrogens is 4. The van der Waals surface area contributed by atoms with Gasteiger partial charge in [-0.05, 0) is 53.2 Å². The van der Waals surface area contributed by atoms with Crippen molar-refractivity contribution in [2.45, 2.75) is 6.92 Å². The predicted molar refractivity (Wildman–Crippen MR) is 81.4 cm³/mol. The minimum absolute atomic E-state index is 0.390. The Bertz CT molecular complexity index is 815. The molecule has 1 heterocycles. The number of aryl methyl sites for hydroxylation is 1. The van der Waals surface area contributed by atoms with Gasteiger partial charge in [-0.3, -0.25) is 0 Å². The fraction of sp³-hybridized carbons (Fsp3) is 0.0714. The number of nitrogens with zero attached hydrogens (tertiary/aromatic N) is 4. The van der Waals surface area contributed by atoms with Crippen LogP contribution in [-0.2, 0) is 0 Å². The Morgan fingerprint density at radius 3 is 2.76 bits per heavy atom. The van der Waals surface area contributed by atoms with E-state index in [1.807, 2.05) is 25.1 Å². The highest BCUT2D eigenvalue weighted by Gasteiger charge is 2.14. The third-order valence-electron chi connectivity index (χ3n) is 3.13. The average Bonchev–Trinajstić information content (AvgIpc) is 2.93. The zero-order chi connectivity index (χ0) is 15.0. The van der Waals surface area contributed by atoms with Crippen molar-refractivity contribution in [1.82, 2.24) is 20.2 Å². The lowest BCUT2D eigenvalue weighted by molar-refractivity contribution is 0.628. The van der Waals surface area contributed by atoms with Gasteiger partial charge in [0.15, 0.2) is 5.82 Å². The Balaban J connectivity index is 2.17. The number of rotatable bonds is 2. The van der Waals surface area contributed by atoms with Gasteiger partial charge >= 0.3 is 0 Å². The molecule has 0 spiro atoms. The van der Waals surface area contributed by atoms with Crippen LogP contribution < -0.4 is 5.73 Å². The molecule has 2 aromatic carbocycles. The molecule has 0 saturated carbocycles. The molecule has 0 atom stereocenters. The number of hydrogen-bond acceptors (Lipinski definition) is 4. The minimum atomic E-state index is -0.390. The molecule has 106 valence electrons. The summed E-state index contributed by atoms with van der Waals surface area (Å²) < 4.78 is 15.9. The lowest BCUT2D eigenvalue weighted by Crippen LogP contribution is -2.02. The normalized spacial score (nSPS) is 10.8. The van der Waals surface area contributed by atoms with Crippen LogP contribution in [-0.4, -0.2) is 20.2 Å². The van der Waals surface area contributed by atoms with Gasteiger partial charge in [0.1, 0.15) is 5.82 Å². The van der Waals surface area contributed by atoms with Crippen molar-refractivity contribution in [3.05, 3.63) is 52.3 Å². The van der Waals surface area contributed by atoms with Gasteiger partial charge < -0.3 is 5.73 Å². The van der Waals surface area contributed by atoms with Crippen molar-refractivity contribution in [3.8, 4) is 17.1 Å². The van der Waals surface area contributed by atoms with Gasteiger partial charge in [-0.25, -0.2) is 4.39 Å². The summed E-state index contributed by atoms with van der Waals surface area (Å²) in [4.78, 5) is 0. The first-order valence-electron chi connectivity index (χ1n) is 6.16. The highest BCUT2D eigenvalue weighted by atomic mass is 79.9. The van der Waals surface area contributed by atoms with E-state index >= 15 is 0 Å². The van der Waals surface area contributed by atoms with E-state index in [9.17, 15) is 4.39 Å². The van der Waals surface area contributed by atoms with Crippen LogP contribution in [0.2, 0.25) is 0 Å². The van der Waals surface area contributed by atoms with Gasteiger partial charge in [0.25, 0.3) is 0 Å². The van der Waals surface area contributed by atoms with Crippen LogP contribution in [0, 0.1) is 12.7 Å². The maximum absolute atomic E-state index is 13.4. The van der Waals surface area contributed by atoms with Crippen molar-refractivity contribution < 1.29 is 4.39 Å². The largest absolute Gasteiger partial charge is 0.398 e. The summed E-state index contributed by atoms with van der Waals surface area (Å²) in [6.45, 7) is 1.99. The first kappa shape index (κ1) is 13.7. The molecule has 7 heteroatoms. The van der Waals surface area contributed by atoms with Crippen LogP contribution >= 0.6 is 15.9 Å². The van der Waals surface area contributed by atoms with Crippen LogP contribution in [0.25, 0.3) is 17.1 Å². The van der Waals surface area contributed by atoms with Gasteiger partial charge in [-0.15, -0.1) is 5.10 Å². The van der Waals surface area contributed by atoms with Crippen molar-refractivity contribution in [2.75, 3.05) is 5.73 Å². The monoisotopic (exact) mass is 347 g/mol. The lowest BCUT2D eigenvalue weighted by atomic mass is 10.1. The molecule has 0 saturated heterocycles. The maximum Gasteiger partial charge on any atom is 0.189 e. The molecular weight excluding hydrogens is 337 g/mol. The molecule has 0 fully saturated rings. The van der Waals surface area contributed by atoms with Crippen molar-refractivity contribution >= 4 is 21.6 Å². The minimum Gasteiger partial charge on any atom is -0.398 e. The lowest BCUT2D eigenvalue weighted by Gasteiger charge is -2.08. The second-order valence-corrected chi connectivity index (χ2v) is 5.43. The first-order chi connectivity index (χ1) is 10.1. The fourth-order valence-electron chi connectivity index (χ4n) is 1.96. The molecule has 2 N–H and O–H groups in total. The number of halogens is 2. The molecule has 1 aromatic heterocycles. The van der Waals surface area contributed by atoms with Crippen LogP contribution in [0.5, 0.6) is 0 Å². The quantitative estimate of drug-likeness (QED) is 0.723. The zero-order valence-corrected chi connectivity index (χ0v) is 12.7. The van der Waals surface area contributed by atoms with Crippen molar-refractivity contribution in [3.63, 3.8) is 0 Å². The molecule has 0 aliphatic rings. The molecule has 0 aliphatic carbocycles. The third kappa shape index (κ3) is 2.52.